The van der Waals surface area contributed by atoms with Crippen molar-refractivity contribution in [2.24, 2.45) is 0 Å². The molecular formula is C33H33F3N4O6. The molecule has 0 saturated carbocycles. The number of methoxy groups -OCH3 is 1. The topological polar surface area (TPSA) is 146 Å². The zero-order valence-electron chi connectivity index (χ0n) is 25.5. The van der Waals surface area contributed by atoms with Crippen molar-refractivity contribution in [3.8, 4) is 34.0 Å². The number of hydrogen-bond donors (Lipinski definition) is 3. The Bertz CT molecular complexity index is 1670. The number of carbonyl (C=O) groups is 2. The normalized spacial score (nSPS) is 12.9. The molecule has 1 heterocycles. The minimum atomic E-state index is -4.78. The van der Waals surface area contributed by atoms with Gasteiger partial charge < -0.3 is 30.4 Å². The molecule has 0 fully saturated rings. The number of rotatable bonds is 10. The lowest BCUT2D eigenvalue weighted by Gasteiger charge is -2.22. The Morgan fingerprint density at radius 3 is 2.15 bits per heavy atom. The van der Waals surface area contributed by atoms with Crippen LogP contribution in [0.5, 0.6) is 11.6 Å². The fourth-order valence-corrected chi connectivity index (χ4v) is 4.45. The molecule has 4 aromatic rings. The summed E-state index contributed by atoms with van der Waals surface area (Å²) in [4.78, 5) is 31.8. The van der Waals surface area contributed by atoms with Gasteiger partial charge in [0.1, 0.15) is 17.4 Å². The van der Waals surface area contributed by atoms with E-state index in [0.29, 0.717) is 22.4 Å². The zero-order chi connectivity index (χ0) is 33.6. The highest BCUT2D eigenvalue weighted by atomic mass is 19.4. The lowest BCUT2D eigenvalue weighted by Crippen LogP contribution is -2.44. The summed E-state index contributed by atoms with van der Waals surface area (Å²) in [7, 11) is 1.53. The van der Waals surface area contributed by atoms with Crippen LogP contribution in [0.25, 0.3) is 22.4 Å². The molecule has 0 aliphatic heterocycles. The van der Waals surface area contributed by atoms with Crippen molar-refractivity contribution in [2.45, 2.75) is 51.1 Å². The number of hydrogen-bond acceptors (Lipinski definition) is 8. The van der Waals surface area contributed by atoms with Gasteiger partial charge >= 0.3 is 18.2 Å². The highest BCUT2D eigenvalue weighted by Crippen LogP contribution is 2.38. The van der Waals surface area contributed by atoms with E-state index in [1.807, 2.05) is 6.07 Å². The molecule has 0 spiro atoms. The highest BCUT2D eigenvalue weighted by molar-refractivity contribution is 5.80. The summed E-state index contributed by atoms with van der Waals surface area (Å²) in [6, 6.07) is 19.3. The first kappa shape index (κ1) is 33.6. The lowest BCUT2D eigenvalue weighted by atomic mass is 10.0. The van der Waals surface area contributed by atoms with Gasteiger partial charge in [-0.1, -0.05) is 60.7 Å². The molecule has 2 atom stereocenters. The molecule has 242 valence electrons. The van der Waals surface area contributed by atoms with Gasteiger partial charge in [-0.15, -0.1) is 0 Å². The predicted molar refractivity (Wildman–Crippen MR) is 164 cm³/mol. The van der Waals surface area contributed by atoms with Gasteiger partial charge in [0, 0.05) is 23.6 Å². The van der Waals surface area contributed by atoms with Crippen molar-refractivity contribution in [2.75, 3.05) is 12.8 Å². The molecule has 3 aromatic carbocycles. The SMILES string of the molecule is COc1cccc(-c2ccc(C(Oc3cc(-c4ccc(CC(NC(=O)OC(C)(C)C)C(=O)O)cc4)nc(N)n3)C(F)(F)F)cc2)c1. The van der Waals surface area contributed by atoms with Gasteiger partial charge in [-0.25, -0.2) is 14.6 Å². The maximum absolute atomic E-state index is 14.2. The maximum atomic E-state index is 14.2. The second-order valence-corrected chi connectivity index (χ2v) is 11.3. The quantitative estimate of drug-likeness (QED) is 0.175. The van der Waals surface area contributed by atoms with Crippen LogP contribution >= 0.6 is 0 Å². The molecule has 0 aliphatic rings. The van der Waals surface area contributed by atoms with Gasteiger partial charge in [-0.3, -0.25) is 0 Å². The molecule has 46 heavy (non-hydrogen) atoms. The van der Waals surface area contributed by atoms with Crippen LogP contribution in [0, 0.1) is 0 Å². The van der Waals surface area contributed by atoms with Gasteiger partial charge in [-0.05, 0) is 49.6 Å². The second kappa shape index (κ2) is 13.8. The van der Waals surface area contributed by atoms with E-state index in [1.165, 1.54) is 25.3 Å². The molecule has 13 heteroatoms. The fraction of sp³-hybridized carbons (Fsp3) is 0.273. The zero-order valence-corrected chi connectivity index (χ0v) is 25.5. The molecule has 1 aromatic heterocycles. The molecule has 0 bridgehead atoms. The largest absolute Gasteiger partial charge is 0.497 e. The van der Waals surface area contributed by atoms with Crippen LogP contribution in [0.3, 0.4) is 0 Å². The Hall–Kier alpha value is -5.33. The summed E-state index contributed by atoms with van der Waals surface area (Å²) in [5, 5.41) is 11.9. The second-order valence-electron chi connectivity index (χ2n) is 11.3. The van der Waals surface area contributed by atoms with Crippen LogP contribution in [0.4, 0.5) is 23.9 Å². The summed E-state index contributed by atoms with van der Waals surface area (Å²) in [6.45, 7) is 4.96. The standard InChI is InChI=1S/C33H33F3N4O6/c1-32(2,3)46-31(43)39-26(29(41)42)16-19-8-10-21(11-9-19)25-18-27(40-30(37)38-25)45-28(33(34,35)36)22-14-12-20(13-15-22)23-6-5-7-24(17-23)44-4/h5-15,17-18,26,28H,16H2,1-4H3,(H,39,43)(H,41,42)(H2,37,38,40). The first-order chi connectivity index (χ1) is 21.6. The van der Waals surface area contributed by atoms with Crippen LogP contribution in [-0.2, 0) is 16.0 Å². The first-order valence-corrected chi connectivity index (χ1v) is 14.1. The number of halogens is 3. The summed E-state index contributed by atoms with van der Waals surface area (Å²) < 4.78 is 58.4. The van der Waals surface area contributed by atoms with E-state index >= 15 is 0 Å². The van der Waals surface area contributed by atoms with Gasteiger partial charge in [0.15, 0.2) is 0 Å². The molecule has 4 N–H and O–H groups in total. The Morgan fingerprint density at radius 2 is 1.57 bits per heavy atom. The molecule has 4 rings (SSSR count). The number of anilines is 1. The molecule has 10 nitrogen and oxygen atoms in total. The monoisotopic (exact) mass is 638 g/mol. The van der Waals surface area contributed by atoms with Crippen LogP contribution in [0.2, 0.25) is 0 Å². The number of carboxylic acids is 1. The van der Waals surface area contributed by atoms with E-state index in [9.17, 15) is 27.9 Å². The molecule has 0 aliphatic carbocycles. The summed E-state index contributed by atoms with van der Waals surface area (Å²) in [6.07, 6.45) is -8.06. The molecule has 0 saturated heterocycles. The average Bonchev–Trinajstić information content (AvgIpc) is 2.98. The maximum Gasteiger partial charge on any atom is 0.429 e. The van der Waals surface area contributed by atoms with Crippen LogP contribution in [0.1, 0.15) is 38.0 Å². The number of nitrogens with zero attached hydrogens (tertiary/aromatic N) is 2. The van der Waals surface area contributed by atoms with E-state index < -0.39 is 41.9 Å². The number of alkyl carbamates (subject to hydrolysis) is 1. The Kier molecular flexibility index (Phi) is 10.0. The van der Waals surface area contributed by atoms with Crippen LogP contribution in [-0.4, -0.2) is 52.1 Å². The predicted octanol–water partition coefficient (Wildman–Crippen LogP) is 6.60. The third-order valence-electron chi connectivity index (χ3n) is 6.55. The Balaban J connectivity index is 1.52. The van der Waals surface area contributed by atoms with Crippen molar-refractivity contribution in [3.63, 3.8) is 0 Å². The minimum absolute atomic E-state index is 0.0565. The lowest BCUT2D eigenvalue weighted by molar-refractivity contribution is -0.198. The third kappa shape index (κ3) is 9.10. The number of carboxylic acid groups (broad SMARTS) is 1. The smallest absolute Gasteiger partial charge is 0.429 e. The Labute approximate surface area is 263 Å². The third-order valence-corrected chi connectivity index (χ3v) is 6.55. The molecule has 2 unspecified atom stereocenters. The molecule has 0 radical (unpaired) electrons. The van der Waals surface area contributed by atoms with Crippen molar-refractivity contribution in [1.29, 1.82) is 0 Å². The average molecular weight is 639 g/mol. The molecular weight excluding hydrogens is 605 g/mol. The van der Waals surface area contributed by atoms with Crippen molar-refractivity contribution < 1.29 is 42.1 Å². The van der Waals surface area contributed by atoms with Crippen molar-refractivity contribution >= 4 is 18.0 Å². The van der Waals surface area contributed by atoms with Crippen LogP contribution in [0.15, 0.2) is 78.9 Å². The van der Waals surface area contributed by atoms with E-state index in [2.05, 4.69) is 15.3 Å². The number of benzene rings is 3. The first-order valence-electron chi connectivity index (χ1n) is 14.1. The summed E-state index contributed by atoms with van der Waals surface area (Å²) in [5.41, 5.74) is 7.55. The number of nitrogens with one attached hydrogen (secondary N) is 1. The minimum Gasteiger partial charge on any atom is -0.497 e. The van der Waals surface area contributed by atoms with Gasteiger partial charge in [0.25, 0.3) is 0 Å². The Morgan fingerprint density at radius 1 is 0.913 bits per heavy atom. The van der Waals surface area contributed by atoms with E-state index in [4.69, 9.17) is 19.9 Å². The van der Waals surface area contributed by atoms with E-state index in [0.717, 1.165) is 5.56 Å². The van der Waals surface area contributed by atoms with Crippen LogP contribution < -0.4 is 20.5 Å². The van der Waals surface area contributed by atoms with Crippen molar-refractivity contribution in [3.05, 3.63) is 90.0 Å². The van der Waals surface area contributed by atoms with Gasteiger partial charge in [0.05, 0.1) is 12.8 Å². The number of carbonyl (C=O) groups excluding carboxylic acids is 1. The number of aliphatic carboxylic acids is 1. The number of nitrogen functional groups attached to an aromatic ring is 1. The number of ether oxygens (including phenoxy) is 3. The van der Waals surface area contributed by atoms with Gasteiger partial charge in [0.2, 0.25) is 17.9 Å². The van der Waals surface area contributed by atoms with Gasteiger partial charge in [-0.2, -0.15) is 18.2 Å². The highest BCUT2D eigenvalue weighted by Gasteiger charge is 2.43. The van der Waals surface area contributed by atoms with E-state index in [1.54, 1.807) is 75.4 Å². The fourth-order valence-electron chi connectivity index (χ4n) is 4.45. The van der Waals surface area contributed by atoms with E-state index in [-0.39, 0.29) is 23.6 Å². The number of alkyl halides is 3. The molecule has 1 amide bonds. The number of amides is 1. The summed E-state index contributed by atoms with van der Waals surface area (Å²) >= 11 is 0. The van der Waals surface area contributed by atoms with Crippen molar-refractivity contribution in [1.82, 2.24) is 15.3 Å². The number of nitrogens with two attached hydrogens (primary N) is 1. The summed E-state index contributed by atoms with van der Waals surface area (Å²) in [5.74, 6) is -1.34. The number of aromatic nitrogens is 2.